The Bertz CT molecular complexity index is 768. The van der Waals surface area contributed by atoms with Crippen LogP contribution in [0, 0.1) is 0 Å². The lowest BCUT2D eigenvalue weighted by atomic mass is 10.2. The van der Waals surface area contributed by atoms with Crippen molar-refractivity contribution in [1.29, 1.82) is 0 Å². The van der Waals surface area contributed by atoms with E-state index in [0.29, 0.717) is 6.42 Å². The van der Waals surface area contributed by atoms with Crippen LogP contribution in [0.1, 0.15) is 33.6 Å². The number of pyridine rings is 1. The zero-order chi connectivity index (χ0) is 18.6. The number of aryl methyl sites for hydroxylation is 1. The molecule has 0 spiro atoms. The van der Waals surface area contributed by atoms with Gasteiger partial charge in [-0.15, -0.1) is 0 Å². The summed E-state index contributed by atoms with van der Waals surface area (Å²) in [7, 11) is 0. The summed E-state index contributed by atoms with van der Waals surface area (Å²) in [5.74, 6) is -2.23. The summed E-state index contributed by atoms with van der Waals surface area (Å²) in [6.45, 7) is 0.201. The van der Waals surface area contributed by atoms with Crippen LogP contribution < -0.4 is 10.1 Å². The molecule has 0 radical (unpaired) electrons. The lowest BCUT2D eigenvalue weighted by Crippen LogP contribution is -2.19. The molecule has 0 aliphatic carbocycles. The Morgan fingerprint density at radius 3 is 2.56 bits per heavy atom. The third-order valence-corrected chi connectivity index (χ3v) is 2.96. The second kappa shape index (κ2) is 7.24. The van der Waals surface area contributed by atoms with Gasteiger partial charge in [-0.3, -0.25) is 4.79 Å². The molecule has 0 unspecified atom stereocenters. The van der Waals surface area contributed by atoms with Gasteiger partial charge >= 0.3 is 12.1 Å². The second-order valence-electron chi connectivity index (χ2n) is 4.85. The first-order valence-electron chi connectivity index (χ1n) is 7.02. The van der Waals surface area contributed by atoms with Crippen LogP contribution in [0.25, 0.3) is 0 Å². The quantitative estimate of drug-likeness (QED) is 0.823. The predicted molar refractivity (Wildman–Crippen MR) is 78.8 cm³/mol. The molecule has 2 aromatic rings. The molecule has 134 valence electrons. The fourth-order valence-corrected chi connectivity index (χ4v) is 1.87. The summed E-state index contributed by atoms with van der Waals surface area (Å²) in [6.07, 6.45) is -3.08. The Morgan fingerprint density at radius 2 is 2.08 bits per heavy atom. The van der Waals surface area contributed by atoms with Crippen molar-refractivity contribution < 1.29 is 37.0 Å². The van der Waals surface area contributed by atoms with Gasteiger partial charge in [0.15, 0.2) is 12.4 Å². The third-order valence-electron chi connectivity index (χ3n) is 2.96. The van der Waals surface area contributed by atoms with Crippen molar-refractivity contribution in [1.82, 2.24) is 4.98 Å². The number of aromatic carboxylic acids is 1. The minimum Gasteiger partial charge on any atom is -0.478 e. The third kappa shape index (κ3) is 4.96. The van der Waals surface area contributed by atoms with E-state index in [-0.39, 0.29) is 28.7 Å². The van der Waals surface area contributed by atoms with Gasteiger partial charge in [-0.25, -0.2) is 9.78 Å². The molecule has 1 amide bonds. The number of hydrogen-bond donors (Lipinski definition) is 2. The normalized spacial score (nSPS) is 11.2. The minimum absolute atomic E-state index is 0.110. The highest BCUT2D eigenvalue weighted by atomic mass is 19.4. The largest absolute Gasteiger partial charge is 0.478 e. The first-order chi connectivity index (χ1) is 11.7. The Kier molecular flexibility index (Phi) is 5.30. The van der Waals surface area contributed by atoms with E-state index in [4.69, 9.17) is 9.52 Å². The van der Waals surface area contributed by atoms with E-state index in [1.165, 1.54) is 6.07 Å². The molecule has 2 N–H and O–H groups in total. The number of anilines is 1. The molecular formula is C15H13F3N2O5. The zero-order valence-electron chi connectivity index (χ0n) is 12.9. The molecule has 2 rings (SSSR count). The van der Waals surface area contributed by atoms with Gasteiger partial charge in [0.1, 0.15) is 11.3 Å². The first-order valence-corrected chi connectivity index (χ1v) is 7.02. The number of alkyl halides is 3. The molecule has 10 heteroatoms. The standard InChI is InChI=1S/C15H13F3N2O5/c1-2-10-9(14(22)23)5-11(25-10)13(21)20-8-3-4-12(19-6-8)24-7-15(16,17)18/h3-6H,2,7H2,1H3,(H,20,21)(H,22,23). The number of ether oxygens (including phenoxy) is 1. The molecule has 2 heterocycles. The van der Waals surface area contributed by atoms with Crippen LogP contribution in [-0.4, -0.2) is 34.8 Å². The number of furan rings is 1. The molecule has 0 aliphatic heterocycles. The summed E-state index contributed by atoms with van der Waals surface area (Å²) < 4.78 is 45.8. The monoisotopic (exact) mass is 358 g/mol. The topological polar surface area (TPSA) is 102 Å². The second-order valence-corrected chi connectivity index (χ2v) is 4.85. The van der Waals surface area contributed by atoms with Crippen LogP contribution in [0.3, 0.4) is 0 Å². The van der Waals surface area contributed by atoms with E-state index in [1.54, 1.807) is 6.92 Å². The van der Waals surface area contributed by atoms with Crippen LogP contribution in [0.5, 0.6) is 5.88 Å². The van der Waals surface area contributed by atoms with Gasteiger partial charge < -0.3 is 19.6 Å². The lowest BCUT2D eigenvalue weighted by Gasteiger charge is -2.08. The molecule has 0 saturated heterocycles. The van der Waals surface area contributed by atoms with Gasteiger partial charge in [0.05, 0.1) is 11.9 Å². The molecule has 0 fully saturated rings. The molecule has 2 aromatic heterocycles. The maximum Gasteiger partial charge on any atom is 0.422 e. The van der Waals surface area contributed by atoms with Crippen LogP contribution in [0.2, 0.25) is 0 Å². The van der Waals surface area contributed by atoms with Crippen molar-refractivity contribution >= 4 is 17.6 Å². The number of halogens is 3. The Balaban J connectivity index is 2.04. The summed E-state index contributed by atoms with van der Waals surface area (Å²) >= 11 is 0. The number of amides is 1. The molecule has 7 nitrogen and oxygen atoms in total. The van der Waals surface area contributed by atoms with Crippen molar-refractivity contribution in [3.8, 4) is 5.88 Å². The maximum absolute atomic E-state index is 12.1. The number of carboxylic acids is 1. The van der Waals surface area contributed by atoms with E-state index < -0.39 is 24.7 Å². The molecule has 25 heavy (non-hydrogen) atoms. The highest BCUT2D eigenvalue weighted by molar-refractivity contribution is 6.04. The van der Waals surface area contributed by atoms with Crippen LogP contribution in [0.15, 0.2) is 28.8 Å². The summed E-state index contributed by atoms with van der Waals surface area (Å²) in [5, 5.41) is 11.4. The number of aromatic nitrogens is 1. The van der Waals surface area contributed by atoms with Crippen molar-refractivity contribution in [3.63, 3.8) is 0 Å². The number of nitrogens with zero attached hydrogens (tertiary/aromatic N) is 1. The fourth-order valence-electron chi connectivity index (χ4n) is 1.87. The molecule has 0 bridgehead atoms. The van der Waals surface area contributed by atoms with Crippen molar-refractivity contribution in [2.24, 2.45) is 0 Å². The number of carbonyl (C=O) groups is 2. The van der Waals surface area contributed by atoms with E-state index >= 15 is 0 Å². The van der Waals surface area contributed by atoms with Gasteiger partial charge in [-0.1, -0.05) is 6.92 Å². The van der Waals surface area contributed by atoms with E-state index in [2.05, 4.69) is 15.0 Å². The van der Waals surface area contributed by atoms with E-state index in [1.807, 2.05) is 0 Å². The van der Waals surface area contributed by atoms with Gasteiger partial charge in [0.25, 0.3) is 5.91 Å². The van der Waals surface area contributed by atoms with Gasteiger partial charge in [0.2, 0.25) is 5.88 Å². The summed E-state index contributed by atoms with van der Waals surface area (Å²) in [5.41, 5.74) is 0.0670. The van der Waals surface area contributed by atoms with Crippen molar-refractivity contribution in [2.75, 3.05) is 11.9 Å². The highest BCUT2D eigenvalue weighted by Crippen LogP contribution is 2.20. The molecule has 0 atom stereocenters. The summed E-state index contributed by atoms with van der Waals surface area (Å²) in [6, 6.07) is 3.55. The van der Waals surface area contributed by atoms with Gasteiger partial charge in [-0.2, -0.15) is 13.2 Å². The highest BCUT2D eigenvalue weighted by Gasteiger charge is 2.28. The zero-order valence-corrected chi connectivity index (χ0v) is 12.9. The molecule has 0 aliphatic rings. The molecular weight excluding hydrogens is 345 g/mol. The summed E-state index contributed by atoms with van der Waals surface area (Å²) in [4.78, 5) is 26.7. The maximum atomic E-state index is 12.1. The SMILES string of the molecule is CCc1oc(C(=O)Nc2ccc(OCC(F)(F)F)nc2)cc1C(=O)O. The fraction of sp³-hybridized carbons (Fsp3) is 0.267. The average Bonchev–Trinajstić information content (AvgIpc) is 2.98. The smallest absolute Gasteiger partial charge is 0.422 e. The van der Waals surface area contributed by atoms with Crippen LogP contribution in [0.4, 0.5) is 18.9 Å². The van der Waals surface area contributed by atoms with E-state index in [0.717, 1.165) is 18.3 Å². The lowest BCUT2D eigenvalue weighted by molar-refractivity contribution is -0.154. The number of rotatable bonds is 6. The van der Waals surface area contributed by atoms with Crippen molar-refractivity contribution in [3.05, 3.63) is 41.5 Å². The predicted octanol–water partition coefficient (Wildman–Crippen LogP) is 3.13. The number of nitrogens with one attached hydrogen (secondary N) is 1. The number of hydrogen-bond acceptors (Lipinski definition) is 5. The van der Waals surface area contributed by atoms with Crippen LogP contribution >= 0.6 is 0 Å². The number of carboxylic acid groups (broad SMARTS) is 1. The Hall–Kier alpha value is -3.04. The average molecular weight is 358 g/mol. The van der Waals surface area contributed by atoms with E-state index in [9.17, 15) is 22.8 Å². The first kappa shape index (κ1) is 18.3. The Labute approximate surface area is 139 Å². The molecule has 0 saturated carbocycles. The number of carbonyl (C=O) groups excluding carboxylic acids is 1. The minimum atomic E-state index is -4.48. The van der Waals surface area contributed by atoms with Crippen LogP contribution in [-0.2, 0) is 6.42 Å². The molecule has 0 aromatic carbocycles. The van der Waals surface area contributed by atoms with Crippen molar-refractivity contribution in [2.45, 2.75) is 19.5 Å². The van der Waals surface area contributed by atoms with Gasteiger partial charge in [-0.05, 0) is 6.07 Å². The Morgan fingerprint density at radius 1 is 1.36 bits per heavy atom. The van der Waals surface area contributed by atoms with Gasteiger partial charge in [0, 0.05) is 18.6 Å².